The first-order chi connectivity index (χ1) is 9.58. The van der Waals surface area contributed by atoms with E-state index in [1.165, 1.54) is 13.2 Å². The lowest BCUT2D eigenvalue weighted by atomic mass is 9.87. The van der Waals surface area contributed by atoms with Gasteiger partial charge in [-0.1, -0.05) is 20.8 Å². The topological polar surface area (TPSA) is 75.6 Å². The lowest BCUT2D eigenvalue weighted by molar-refractivity contribution is 0.0571. The van der Waals surface area contributed by atoms with Crippen molar-refractivity contribution in [2.75, 3.05) is 13.7 Å². The first kappa shape index (κ1) is 17.9. The van der Waals surface area contributed by atoms with E-state index in [0.717, 1.165) is 12.1 Å². The van der Waals surface area contributed by atoms with Crippen molar-refractivity contribution in [3.63, 3.8) is 0 Å². The minimum absolute atomic E-state index is 0.0560. The number of methoxy groups -OCH3 is 1. The summed E-state index contributed by atoms with van der Waals surface area (Å²) < 4.78 is 44.8. The number of aliphatic hydroxyl groups excluding tert-OH is 1. The molecule has 0 aliphatic rings. The Morgan fingerprint density at radius 3 is 2.52 bits per heavy atom. The predicted molar refractivity (Wildman–Crippen MR) is 78.2 cm³/mol. The van der Waals surface area contributed by atoms with Crippen molar-refractivity contribution < 1.29 is 22.7 Å². The van der Waals surface area contributed by atoms with Gasteiger partial charge in [-0.25, -0.2) is 17.5 Å². The second-order valence-corrected chi connectivity index (χ2v) is 7.60. The zero-order valence-corrected chi connectivity index (χ0v) is 13.5. The molecule has 0 fully saturated rings. The number of benzene rings is 1. The van der Waals surface area contributed by atoms with E-state index in [1.807, 2.05) is 20.8 Å². The number of aliphatic hydroxyl groups is 1. The Hall–Kier alpha value is -1.18. The molecule has 1 rings (SSSR count). The maximum atomic E-state index is 13.2. The molecule has 0 spiro atoms. The van der Waals surface area contributed by atoms with Gasteiger partial charge in [-0.05, 0) is 30.0 Å². The average molecular weight is 319 g/mol. The monoisotopic (exact) mass is 319 g/mol. The second kappa shape index (κ2) is 6.72. The van der Waals surface area contributed by atoms with E-state index in [9.17, 15) is 17.9 Å². The van der Waals surface area contributed by atoms with Crippen molar-refractivity contribution in [2.24, 2.45) is 5.41 Å². The molecule has 1 atom stereocenters. The lowest BCUT2D eigenvalue weighted by Gasteiger charge is -2.25. The second-order valence-electron chi connectivity index (χ2n) is 5.86. The summed E-state index contributed by atoms with van der Waals surface area (Å²) >= 11 is 0. The third-order valence-corrected chi connectivity index (χ3v) is 4.61. The fraction of sp³-hybridized carbons (Fsp3) is 0.571. The molecule has 0 aliphatic heterocycles. The van der Waals surface area contributed by atoms with Gasteiger partial charge in [0.2, 0.25) is 10.0 Å². The first-order valence-corrected chi connectivity index (χ1v) is 8.07. The number of nitrogens with one attached hydrogen (secondary N) is 1. The van der Waals surface area contributed by atoms with Crippen LogP contribution in [0, 0.1) is 11.2 Å². The van der Waals surface area contributed by atoms with Crippen LogP contribution in [0.15, 0.2) is 23.1 Å². The number of halogens is 1. The largest absolute Gasteiger partial charge is 0.495 e. The quantitative estimate of drug-likeness (QED) is 0.840. The molecular formula is C14H22FNO4S. The van der Waals surface area contributed by atoms with E-state index < -0.39 is 21.9 Å². The number of hydrogen-bond donors (Lipinski definition) is 2. The summed E-state index contributed by atoms with van der Waals surface area (Å²) in [6, 6.07) is 3.29. The highest BCUT2D eigenvalue weighted by Gasteiger charge is 2.24. The van der Waals surface area contributed by atoms with Gasteiger partial charge in [-0.3, -0.25) is 0 Å². The molecule has 0 bridgehead atoms. The van der Waals surface area contributed by atoms with E-state index in [4.69, 9.17) is 4.74 Å². The maximum Gasteiger partial charge on any atom is 0.244 e. The Morgan fingerprint density at radius 1 is 1.38 bits per heavy atom. The highest BCUT2D eigenvalue weighted by atomic mass is 32.2. The normalized spacial score (nSPS) is 14.0. The molecule has 0 saturated carbocycles. The third kappa shape index (κ3) is 4.94. The molecule has 0 aromatic heterocycles. The smallest absolute Gasteiger partial charge is 0.244 e. The molecule has 0 unspecified atom stereocenters. The summed E-state index contributed by atoms with van der Waals surface area (Å²) in [4.78, 5) is -0.254. The Labute approximate surface area is 125 Å². The fourth-order valence-electron chi connectivity index (χ4n) is 1.70. The van der Waals surface area contributed by atoms with Gasteiger partial charge >= 0.3 is 0 Å². The van der Waals surface area contributed by atoms with Gasteiger partial charge in [0.05, 0.1) is 13.2 Å². The van der Waals surface area contributed by atoms with Crippen molar-refractivity contribution in [2.45, 2.75) is 38.2 Å². The lowest BCUT2D eigenvalue weighted by Crippen LogP contribution is -2.32. The molecule has 5 nitrogen and oxygen atoms in total. The molecular weight excluding hydrogens is 297 g/mol. The van der Waals surface area contributed by atoms with Crippen LogP contribution in [0.4, 0.5) is 4.39 Å². The molecule has 0 amide bonds. The van der Waals surface area contributed by atoms with Crippen LogP contribution in [0.5, 0.6) is 5.75 Å². The highest BCUT2D eigenvalue weighted by Crippen LogP contribution is 2.25. The van der Waals surface area contributed by atoms with Crippen molar-refractivity contribution >= 4 is 10.0 Å². The molecule has 0 heterocycles. The first-order valence-electron chi connectivity index (χ1n) is 6.59. The standard InChI is InChI=1S/C14H22FNO4S/c1-14(2,3)13(17)7-8-16-21(18,19)12-9-10(15)5-6-11(12)20-4/h5-6,9,13,16-17H,7-8H2,1-4H3/t13-/m1/s1. The molecule has 2 N–H and O–H groups in total. The van der Waals surface area contributed by atoms with Gasteiger partial charge < -0.3 is 9.84 Å². The molecule has 1 aromatic carbocycles. The number of ether oxygens (including phenoxy) is 1. The Morgan fingerprint density at radius 2 is 2.00 bits per heavy atom. The van der Waals surface area contributed by atoms with Gasteiger partial charge in [-0.2, -0.15) is 0 Å². The third-order valence-electron chi connectivity index (χ3n) is 3.12. The van der Waals surface area contributed by atoms with Gasteiger partial charge in [0.15, 0.2) is 0 Å². The number of hydrogen-bond acceptors (Lipinski definition) is 4. The molecule has 0 saturated heterocycles. The number of sulfonamides is 1. The summed E-state index contributed by atoms with van der Waals surface area (Å²) in [5, 5.41) is 9.88. The van der Waals surface area contributed by atoms with Crippen LogP contribution < -0.4 is 9.46 Å². The van der Waals surface area contributed by atoms with Gasteiger partial charge in [0.1, 0.15) is 16.5 Å². The van der Waals surface area contributed by atoms with Crippen LogP contribution in [0.1, 0.15) is 27.2 Å². The summed E-state index contributed by atoms with van der Waals surface area (Å²) in [5.41, 5.74) is -0.331. The van der Waals surface area contributed by atoms with E-state index in [1.54, 1.807) is 0 Å². The summed E-state index contributed by atoms with van der Waals surface area (Å²) in [6.45, 7) is 5.64. The molecule has 1 aromatic rings. The zero-order chi connectivity index (χ0) is 16.3. The molecule has 7 heteroatoms. The minimum atomic E-state index is -3.89. The minimum Gasteiger partial charge on any atom is -0.495 e. The van der Waals surface area contributed by atoms with Gasteiger partial charge in [-0.15, -0.1) is 0 Å². The van der Waals surface area contributed by atoms with Crippen LogP contribution >= 0.6 is 0 Å². The van der Waals surface area contributed by atoms with Crippen molar-refractivity contribution in [3.05, 3.63) is 24.0 Å². The van der Waals surface area contributed by atoms with Crippen LogP contribution in [0.2, 0.25) is 0 Å². The van der Waals surface area contributed by atoms with Crippen molar-refractivity contribution in [1.29, 1.82) is 0 Å². The van der Waals surface area contributed by atoms with Crippen LogP contribution in [-0.4, -0.2) is 33.3 Å². The van der Waals surface area contributed by atoms with Crippen molar-refractivity contribution in [3.8, 4) is 5.75 Å². The van der Waals surface area contributed by atoms with Gasteiger partial charge in [0, 0.05) is 6.54 Å². The zero-order valence-electron chi connectivity index (χ0n) is 12.7. The van der Waals surface area contributed by atoms with Crippen LogP contribution in [0.3, 0.4) is 0 Å². The Balaban J connectivity index is 2.81. The summed E-state index contributed by atoms with van der Waals surface area (Å²) in [6.07, 6.45) is -0.380. The predicted octanol–water partition coefficient (Wildman–Crippen LogP) is 1.91. The van der Waals surface area contributed by atoms with E-state index >= 15 is 0 Å². The SMILES string of the molecule is COc1ccc(F)cc1S(=O)(=O)NCC[C@@H](O)C(C)(C)C. The summed E-state index contributed by atoms with van der Waals surface area (Å²) in [7, 11) is -2.58. The summed E-state index contributed by atoms with van der Waals surface area (Å²) in [5.74, 6) is -0.592. The fourth-order valence-corrected chi connectivity index (χ4v) is 2.93. The molecule has 0 aliphatic carbocycles. The van der Waals surface area contributed by atoms with E-state index in [0.29, 0.717) is 0 Å². The van der Waals surface area contributed by atoms with E-state index in [-0.39, 0.29) is 29.0 Å². The van der Waals surface area contributed by atoms with Crippen LogP contribution in [0.25, 0.3) is 0 Å². The van der Waals surface area contributed by atoms with Crippen molar-refractivity contribution in [1.82, 2.24) is 4.72 Å². The van der Waals surface area contributed by atoms with Crippen LogP contribution in [-0.2, 0) is 10.0 Å². The highest BCUT2D eigenvalue weighted by molar-refractivity contribution is 7.89. The van der Waals surface area contributed by atoms with E-state index in [2.05, 4.69) is 4.72 Å². The molecule has 0 radical (unpaired) electrons. The Kier molecular flexibility index (Phi) is 5.72. The Bertz CT molecular complexity index is 581. The van der Waals surface area contributed by atoms with Gasteiger partial charge in [0.25, 0.3) is 0 Å². The average Bonchev–Trinajstić information content (AvgIpc) is 2.37. The molecule has 120 valence electrons. The molecule has 21 heavy (non-hydrogen) atoms. The maximum absolute atomic E-state index is 13.2. The number of rotatable bonds is 6.